The number of fused-ring (bicyclic) bond motifs is 1. The highest BCUT2D eigenvalue weighted by Gasteiger charge is 2.39. The summed E-state index contributed by atoms with van der Waals surface area (Å²) in [6.45, 7) is 4.86. The van der Waals surface area contributed by atoms with Crippen molar-refractivity contribution >= 4 is 46.1 Å². The van der Waals surface area contributed by atoms with E-state index < -0.39 is 11.2 Å². The number of esters is 1. The van der Waals surface area contributed by atoms with Gasteiger partial charge >= 0.3 is 5.97 Å². The van der Waals surface area contributed by atoms with Crippen LogP contribution in [-0.4, -0.2) is 53.1 Å². The van der Waals surface area contributed by atoms with Gasteiger partial charge in [-0.2, -0.15) is 0 Å². The second-order valence-electron chi connectivity index (χ2n) is 9.09. The Morgan fingerprint density at radius 3 is 2.49 bits per heavy atom. The van der Waals surface area contributed by atoms with Crippen molar-refractivity contribution in [2.24, 2.45) is 4.99 Å². The minimum atomic E-state index is -0.663. The van der Waals surface area contributed by atoms with Crippen LogP contribution < -0.4 is 19.5 Å². The molecule has 41 heavy (non-hydrogen) atoms. The topological polar surface area (TPSA) is 116 Å². The molecule has 212 valence electrons. The van der Waals surface area contributed by atoms with E-state index in [9.17, 15) is 14.4 Å². The molecule has 0 aromatic heterocycles. The maximum Gasteiger partial charge on any atom is 0.338 e. The zero-order valence-electron chi connectivity index (χ0n) is 22.6. The van der Waals surface area contributed by atoms with Crippen LogP contribution in [0, 0.1) is 0 Å². The Morgan fingerprint density at radius 1 is 1.00 bits per heavy atom. The third-order valence-electron chi connectivity index (χ3n) is 6.22. The van der Waals surface area contributed by atoms with Crippen LogP contribution in [0.5, 0.6) is 17.2 Å². The number of thioether (sulfide) groups is 1. The molecule has 2 aliphatic heterocycles. The largest absolute Gasteiger partial charge is 0.494 e. The van der Waals surface area contributed by atoms with Crippen LogP contribution in [0.1, 0.15) is 36.2 Å². The Labute approximate surface area is 241 Å². The molecule has 0 aliphatic carbocycles. The Balaban J connectivity index is 1.34. The van der Waals surface area contributed by atoms with Gasteiger partial charge in [0.05, 0.1) is 31.0 Å². The number of amides is 2. The van der Waals surface area contributed by atoms with Crippen LogP contribution in [-0.2, 0) is 20.9 Å². The molecule has 11 heteroatoms. The lowest BCUT2D eigenvalue weighted by molar-refractivity contribution is -0.128. The second-order valence-corrected chi connectivity index (χ2v) is 10.3. The fourth-order valence-corrected chi connectivity index (χ4v) is 5.43. The third-order valence-corrected chi connectivity index (χ3v) is 7.40. The van der Waals surface area contributed by atoms with E-state index in [1.807, 2.05) is 19.1 Å². The zero-order valence-corrected chi connectivity index (χ0v) is 23.4. The van der Waals surface area contributed by atoms with Crippen molar-refractivity contribution in [3.8, 4) is 17.2 Å². The van der Waals surface area contributed by atoms with Crippen molar-refractivity contribution in [2.45, 2.75) is 32.1 Å². The van der Waals surface area contributed by atoms with E-state index in [4.69, 9.17) is 23.9 Å². The summed E-state index contributed by atoms with van der Waals surface area (Å²) in [4.78, 5) is 44.8. The van der Waals surface area contributed by atoms with Gasteiger partial charge in [-0.1, -0.05) is 17.8 Å². The molecule has 2 heterocycles. The van der Waals surface area contributed by atoms with Crippen LogP contribution in [0.2, 0.25) is 0 Å². The third kappa shape index (κ3) is 6.80. The number of nitrogens with one attached hydrogen (secondary N) is 1. The predicted octanol–water partition coefficient (Wildman–Crippen LogP) is 5.15. The van der Waals surface area contributed by atoms with Crippen molar-refractivity contribution in [1.82, 2.24) is 4.90 Å². The second kappa shape index (κ2) is 12.8. The van der Waals surface area contributed by atoms with Gasteiger partial charge in [0, 0.05) is 12.1 Å². The molecule has 0 spiro atoms. The highest BCUT2D eigenvalue weighted by molar-refractivity contribution is 8.15. The average molecular weight is 576 g/mol. The van der Waals surface area contributed by atoms with E-state index >= 15 is 0 Å². The molecule has 1 atom stereocenters. The molecule has 0 unspecified atom stereocenters. The normalized spacial score (nSPS) is 16.6. The van der Waals surface area contributed by atoms with Crippen LogP contribution in [0.15, 0.2) is 71.7 Å². The number of hydrogen-bond donors (Lipinski definition) is 1. The lowest BCUT2D eigenvalue weighted by Gasteiger charge is -2.17. The fourth-order valence-electron chi connectivity index (χ4n) is 4.27. The van der Waals surface area contributed by atoms with E-state index in [1.54, 1.807) is 66.4 Å². The minimum absolute atomic E-state index is 0.0326. The van der Waals surface area contributed by atoms with E-state index in [2.05, 4.69) is 5.32 Å². The van der Waals surface area contributed by atoms with Crippen molar-refractivity contribution in [3.05, 3.63) is 77.9 Å². The molecule has 1 fully saturated rings. The van der Waals surface area contributed by atoms with E-state index in [0.717, 1.165) is 5.56 Å². The number of aliphatic imine (C=N–C) groups is 1. The molecule has 5 rings (SSSR count). The molecule has 1 saturated heterocycles. The van der Waals surface area contributed by atoms with Crippen molar-refractivity contribution in [2.75, 3.05) is 25.3 Å². The lowest BCUT2D eigenvalue weighted by Crippen LogP contribution is -2.33. The van der Waals surface area contributed by atoms with Gasteiger partial charge in [-0.3, -0.25) is 14.5 Å². The van der Waals surface area contributed by atoms with Crippen LogP contribution in [0.25, 0.3) is 0 Å². The Morgan fingerprint density at radius 2 is 1.76 bits per heavy atom. The number of ether oxygens (including phenoxy) is 4. The zero-order chi connectivity index (χ0) is 28.8. The van der Waals surface area contributed by atoms with Gasteiger partial charge in [-0.05, 0) is 80.1 Å². The lowest BCUT2D eigenvalue weighted by atomic mass is 10.1. The number of benzene rings is 3. The first kappa shape index (κ1) is 28.0. The van der Waals surface area contributed by atoms with Crippen molar-refractivity contribution in [1.29, 1.82) is 0 Å². The Hall–Kier alpha value is -4.51. The first-order chi connectivity index (χ1) is 19.9. The number of anilines is 1. The highest BCUT2D eigenvalue weighted by atomic mass is 32.2. The number of carbonyl (C=O) groups is 3. The summed E-state index contributed by atoms with van der Waals surface area (Å²) in [7, 11) is 0. The summed E-state index contributed by atoms with van der Waals surface area (Å²) < 4.78 is 21.4. The summed E-state index contributed by atoms with van der Waals surface area (Å²) in [5, 5.41) is 2.64. The van der Waals surface area contributed by atoms with Crippen LogP contribution >= 0.6 is 11.8 Å². The molecule has 0 radical (unpaired) electrons. The Kier molecular flexibility index (Phi) is 8.73. The summed E-state index contributed by atoms with van der Waals surface area (Å²) in [6.07, 6.45) is -0.0326. The highest BCUT2D eigenvalue weighted by Crippen LogP contribution is 2.36. The average Bonchev–Trinajstić information content (AvgIpc) is 3.55. The SMILES string of the molecule is CCOC(=O)c1ccc(N=C2S[C@H](CC(=O)Nc3ccc(OCC)cc3)C(=O)N2Cc2ccc3c(c2)OCO3)cc1. The number of carbonyl (C=O) groups excluding carboxylic acids is 3. The first-order valence-electron chi connectivity index (χ1n) is 13.2. The maximum atomic E-state index is 13.6. The molecule has 1 N–H and O–H groups in total. The predicted molar refractivity (Wildman–Crippen MR) is 155 cm³/mol. The van der Waals surface area contributed by atoms with Crippen molar-refractivity contribution < 1.29 is 33.3 Å². The molecule has 3 aromatic rings. The van der Waals surface area contributed by atoms with Gasteiger partial charge in [0.25, 0.3) is 0 Å². The molecule has 0 bridgehead atoms. The molecule has 3 aromatic carbocycles. The van der Waals surface area contributed by atoms with E-state index in [1.165, 1.54) is 11.8 Å². The maximum absolute atomic E-state index is 13.6. The Bertz CT molecular complexity index is 1460. The summed E-state index contributed by atoms with van der Waals surface area (Å²) in [6, 6.07) is 19.2. The van der Waals surface area contributed by atoms with Gasteiger partial charge in [0.1, 0.15) is 11.0 Å². The quantitative estimate of drug-likeness (QED) is 0.330. The molecular weight excluding hydrogens is 546 g/mol. The number of rotatable bonds is 10. The molecule has 0 saturated carbocycles. The number of nitrogens with zero attached hydrogens (tertiary/aromatic N) is 2. The van der Waals surface area contributed by atoms with Crippen LogP contribution in [0.3, 0.4) is 0 Å². The van der Waals surface area contributed by atoms with E-state index in [-0.39, 0.29) is 38.2 Å². The van der Waals surface area contributed by atoms with Gasteiger partial charge in [0.15, 0.2) is 16.7 Å². The smallest absolute Gasteiger partial charge is 0.338 e. The van der Waals surface area contributed by atoms with Crippen LogP contribution in [0.4, 0.5) is 11.4 Å². The fraction of sp³-hybridized carbons (Fsp3) is 0.267. The number of hydrogen-bond acceptors (Lipinski definition) is 9. The summed E-state index contributed by atoms with van der Waals surface area (Å²) in [5.74, 6) is 1.04. The standard InChI is InChI=1S/C30H29N3O7S/c1-3-37-23-12-10-21(11-13-23)31-27(34)16-26-28(35)33(17-19-5-14-24-25(15-19)40-18-39-24)30(41-26)32-22-8-6-20(7-9-22)29(36)38-4-2/h5-15,26H,3-4,16-18H2,1-2H3,(H,31,34)/t26-/m1/s1. The summed E-state index contributed by atoms with van der Waals surface area (Å²) in [5.41, 5.74) is 2.41. The molecule has 10 nitrogen and oxygen atoms in total. The van der Waals surface area contributed by atoms with Gasteiger partial charge in [-0.15, -0.1) is 0 Å². The molecule has 2 amide bonds. The van der Waals surface area contributed by atoms with Gasteiger partial charge in [-0.25, -0.2) is 9.79 Å². The molecular formula is C30H29N3O7S. The van der Waals surface area contributed by atoms with Crippen molar-refractivity contribution in [3.63, 3.8) is 0 Å². The van der Waals surface area contributed by atoms with E-state index in [0.29, 0.717) is 46.0 Å². The molecule has 2 aliphatic rings. The minimum Gasteiger partial charge on any atom is -0.494 e. The van der Waals surface area contributed by atoms with Gasteiger partial charge in [0.2, 0.25) is 18.6 Å². The monoisotopic (exact) mass is 575 g/mol. The van der Waals surface area contributed by atoms with Gasteiger partial charge < -0.3 is 24.3 Å². The first-order valence-corrected chi connectivity index (χ1v) is 14.1. The summed E-state index contributed by atoms with van der Waals surface area (Å²) >= 11 is 1.23. The number of amidine groups is 1.